The second-order valence-electron chi connectivity index (χ2n) is 8.18. The van der Waals surface area contributed by atoms with Gasteiger partial charge in [-0.25, -0.2) is 8.42 Å². The first-order valence-corrected chi connectivity index (χ1v) is 12.0. The molecule has 1 amide bonds. The normalized spacial score (nSPS) is 17.9. The summed E-state index contributed by atoms with van der Waals surface area (Å²) in [5, 5.41) is 2.94. The van der Waals surface area contributed by atoms with Crippen molar-refractivity contribution in [2.24, 2.45) is 0 Å². The molecule has 2 aliphatic rings. The van der Waals surface area contributed by atoms with Gasteiger partial charge in [0.05, 0.1) is 16.9 Å². The molecule has 4 rings (SSSR count). The van der Waals surface area contributed by atoms with Crippen LogP contribution in [0.3, 0.4) is 0 Å². The van der Waals surface area contributed by atoms with Crippen LogP contribution >= 0.6 is 0 Å². The number of hydrogen-bond donors (Lipinski definition) is 1. The SMILES string of the molecule is Cc1cccc(C2(C(=O)NCCS(=O)(=O)N3CCc4ccccc43)CCCC2)c1. The molecule has 0 aromatic heterocycles. The van der Waals surface area contributed by atoms with Gasteiger partial charge in [0.2, 0.25) is 15.9 Å². The van der Waals surface area contributed by atoms with Gasteiger partial charge in [-0.1, -0.05) is 60.9 Å². The van der Waals surface area contributed by atoms with Gasteiger partial charge in [-0.3, -0.25) is 9.10 Å². The highest BCUT2D eigenvalue weighted by atomic mass is 32.2. The average Bonchev–Trinajstić information content (AvgIpc) is 3.36. The van der Waals surface area contributed by atoms with Gasteiger partial charge in [-0.15, -0.1) is 0 Å². The van der Waals surface area contributed by atoms with E-state index in [0.717, 1.165) is 54.5 Å². The number of carbonyl (C=O) groups is 1. The van der Waals surface area contributed by atoms with Crippen LogP contribution in [0.5, 0.6) is 0 Å². The molecular formula is C23H28N2O3S. The van der Waals surface area contributed by atoms with Gasteiger partial charge in [-0.05, 0) is 43.4 Å². The van der Waals surface area contributed by atoms with Crippen LogP contribution < -0.4 is 9.62 Å². The van der Waals surface area contributed by atoms with Crippen molar-refractivity contribution in [3.63, 3.8) is 0 Å². The topological polar surface area (TPSA) is 66.5 Å². The van der Waals surface area contributed by atoms with Crippen molar-refractivity contribution in [3.8, 4) is 0 Å². The number of para-hydroxylation sites is 1. The third kappa shape index (κ3) is 3.78. The first-order chi connectivity index (χ1) is 13.9. The van der Waals surface area contributed by atoms with Crippen molar-refractivity contribution >= 4 is 21.6 Å². The Morgan fingerprint density at radius 3 is 2.62 bits per heavy atom. The summed E-state index contributed by atoms with van der Waals surface area (Å²) in [5.74, 6) is -0.130. The first-order valence-electron chi connectivity index (χ1n) is 10.4. The van der Waals surface area contributed by atoms with E-state index >= 15 is 0 Å². The number of anilines is 1. The van der Waals surface area contributed by atoms with E-state index in [9.17, 15) is 13.2 Å². The van der Waals surface area contributed by atoms with Gasteiger partial charge < -0.3 is 5.32 Å². The summed E-state index contributed by atoms with van der Waals surface area (Å²) in [7, 11) is -3.47. The summed E-state index contributed by atoms with van der Waals surface area (Å²) in [5.41, 5.74) is 3.48. The van der Waals surface area contributed by atoms with Gasteiger partial charge in [-0.2, -0.15) is 0 Å². The number of nitrogens with one attached hydrogen (secondary N) is 1. The maximum absolute atomic E-state index is 13.2. The number of aryl methyl sites for hydroxylation is 1. The molecule has 0 unspecified atom stereocenters. The molecule has 2 aromatic rings. The fraction of sp³-hybridized carbons (Fsp3) is 0.435. The number of fused-ring (bicyclic) bond motifs is 1. The quantitative estimate of drug-likeness (QED) is 0.792. The third-order valence-electron chi connectivity index (χ3n) is 6.29. The Labute approximate surface area is 173 Å². The monoisotopic (exact) mass is 412 g/mol. The van der Waals surface area contributed by atoms with Gasteiger partial charge in [0.25, 0.3) is 0 Å². The second kappa shape index (κ2) is 7.82. The first kappa shape index (κ1) is 20.0. The van der Waals surface area contributed by atoms with Crippen LogP contribution in [0.2, 0.25) is 0 Å². The summed E-state index contributed by atoms with van der Waals surface area (Å²) in [6.07, 6.45) is 4.40. The van der Waals surface area contributed by atoms with Crippen molar-refractivity contribution in [2.75, 3.05) is 23.1 Å². The Morgan fingerprint density at radius 2 is 1.86 bits per heavy atom. The third-order valence-corrected chi connectivity index (χ3v) is 8.06. The van der Waals surface area contributed by atoms with E-state index in [4.69, 9.17) is 0 Å². The Hall–Kier alpha value is -2.34. The molecule has 1 heterocycles. The number of benzene rings is 2. The zero-order valence-electron chi connectivity index (χ0n) is 16.9. The van der Waals surface area contributed by atoms with Crippen LogP contribution in [0.4, 0.5) is 5.69 Å². The summed E-state index contributed by atoms with van der Waals surface area (Å²) >= 11 is 0. The van der Waals surface area contributed by atoms with Crippen LogP contribution in [0.1, 0.15) is 42.4 Å². The highest BCUT2D eigenvalue weighted by Crippen LogP contribution is 2.41. The van der Waals surface area contributed by atoms with E-state index in [-0.39, 0.29) is 18.2 Å². The Morgan fingerprint density at radius 1 is 1.10 bits per heavy atom. The molecule has 1 saturated carbocycles. The van der Waals surface area contributed by atoms with Crippen molar-refractivity contribution < 1.29 is 13.2 Å². The van der Waals surface area contributed by atoms with E-state index in [1.807, 2.05) is 49.4 Å². The van der Waals surface area contributed by atoms with Crippen LogP contribution in [0, 0.1) is 6.92 Å². The summed E-state index contributed by atoms with van der Waals surface area (Å²) < 4.78 is 27.2. The lowest BCUT2D eigenvalue weighted by molar-refractivity contribution is -0.126. The molecule has 154 valence electrons. The molecule has 0 bridgehead atoms. The zero-order chi connectivity index (χ0) is 20.5. The van der Waals surface area contributed by atoms with Crippen molar-refractivity contribution in [1.82, 2.24) is 5.32 Å². The molecule has 0 saturated heterocycles. The highest BCUT2D eigenvalue weighted by molar-refractivity contribution is 7.92. The van der Waals surface area contributed by atoms with Crippen molar-refractivity contribution in [2.45, 2.75) is 44.4 Å². The van der Waals surface area contributed by atoms with Gasteiger partial charge in [0, 0.05) is 13.1 Å². The Balaban J connectivity index is 1.44. The minimum atomic E-state index is -3.47. The lowest BCUT2D eigenvalue weighted by Gasteiger charge is -2.29. The average molecular weight is 413 g/mol. The number of hydrogen-bond acceptors (Lipinski definition) is 3. The molecule has 0 radical (unpaired) electrons. The van der Waals surface area contributed by atoms with Crippen molar-refractivity contribution in [1.29, 1.82) is 0 Å². The van der Waals surface area contributed by atoms with E-state index in [2.05, 4.69) is 11.4 Å². The van der Waals surface area contributed by atoms with Crippen LogP contribution in [0.15, 0.2) is 48.5 Å². The van der Waals surface area contributed by atoms with Crippen molar-refractivity contribution in [3.05, 3.63) is 65.2 Å². The van der Waals surface area contributed by atoms with E-state index < -0.39 is 15.4 Å². The highest BCUT2D eigenvalue weighted by Gasteiger charge is 2.42. The summed E-state index contributed by atoms with van der Waals surface area (Å²) in [6.45, 7) is 2.64. The predicted molar refractivity (Wildman–Crippen MR) is 116 cm³/mol. The summed E-state index contributed by atoms with van der Waals surface area (Å²) in [6, 6.07) is 15.8. The van der Waals surface area contributed by atoms with Crippen LogP contribution in [-0.2, 0) is 26.7 Å². The molecular weight excluding hydrogens is 384 g/mol. The Bertz CT molecular complexity index is 1010. The number of rotatable bonds is 6. The molecule has 5 nitrogen and oxygen atoms in total. The Kier molecular flexibility index (Phi) is 5.38. The molecule has 1 aliphatic heterocycles. The molecule has 29 heavy (non-hydrogen) atoms. The molecule has 1 fully saturated rings. The predicted octanol–water partition coefficient (Wildman–Crippen LogP) is 3.32. The second-order valence-corrected chi connectivity index (χ2v) is 10.2. The molecule has 1 aliphatic carbocycles. The maximum atomic E-state index is 13.2. The minimum Gasteiger partial charge on any atom is -0.354 e. The lowest BCUT2D eigenvalue weighted by atomic mass is 9.77. The zero-order valence-corrected chi connectivity index (χ0v) is 17.7. The number of carbonyl (C=O) groups excluding carboxylic acids is 1. The molecule has 2 aromatic carbocycles. The van der Waals surface area contributed by atoms with E-state index in [1.165, 1.54) is 4.31 Å². The lowest BCUT2D eigenvalue weighted by Crippen LogP contribution is -2.45. The van der Waals surface area contributed by atoms with Gasteiger partial charge in [0.15, 0.2) is 0 Å². The number of nitrogens with zero attached hydrogens (tertiary/aromatic N) is 1. The van der Waals surface area contributed by atoms with Gasteiger partial charge >= 0.3 is 0 Å². The fourth-order valence-corrected chi connectivity index (χ4v) is 6.17. The molecule has 1 N–H and O–H groups in total. The maximum Gasteiger partial charge on any atom is 0.236 e. The summed E-state index contributed by atoms with van der Waals surface area (Å²) in [4.78, 5) is 13.2. The largest absolute Gasteiger partial charge is 0.354 e. The standard InChI is InChI=1S/C23H28N2O3S/c1-18-7-6-9-20(17-18)23(12-4-5-13-23)22(26)24-14-16-29(27,28)25-15-11-19-8-2-3-10-21(19)25/h2-3,6-10,17H,4-5,11-16H2,1H3,(H,24,26). The van der Waals surface area contributed by atoms with Gasteiger partial charge in [0.1, 0.15) is 0 Å². The van der Waals surface area contributed by atoms with Crippen LogP contribution in [0.25, 0.3) is 0 Å². The number of amides is 1. The number of sulfonamides is 1. The molecule has 6 heteroatoms. The van der Waals surface area contributed by atoms with E-state index in [0.29, 0.717) is 6.54 Å². The molecule has 0 spiro atoms. The smallest absolute Gasteiger partial charge is 0.236 e. The minimum absolute atomic E-state index is 0.0439. The fourth-order valence-electron chi connectivity index (χ4n) is 4.74. The van der Waals surface area contributed by atoms with E-state index in [1.54, 1.807) is 0 Å². The molecule has 0 atom stereocenters. The van der Waals surface area contributed by atoms with Crippen LogP contribution in [-0.4, -0.2) is 33.2 Å².